The van der Waals surface area contributed by atoms with Gasteiger partial charge in [-0.2, -0.15) is 11.8 Å². The molecule has 1 aliphatic rings. The van der Waals surface area contributed by atoms with Gasteiger partial charge >= 0.3 is 0 Å². The first kappa shape index (κ1) is 14.8. The van der Waals surface area contributed by atoms with Gasteiger partial charge in [0.2, 0.25) is 5.91 Å². The first-order valence-corrected chi connectivity index (χ1v) is 7.56. The molecule has 0 aromatic rings. The molecule has 4 nitrogen and oxygen atoms in total. The Morgan fingerprint density at radius 1 is 1.53 bits per heavy atom. The van der Waals surface area contributed by atoms with Crippen LogP contribution >= 0.6 is 11.8 Å². The summed E-state index contributed by atoms with van der Waals surface area (Å²) in [5.41, 5.74) is 0. The maximum atomic E-state index is 11.9. The lowest BCUT2D eigenvalue weighted by atomic mass is 10.2. The van der Waals surface area contributed by atoms with Crippen LogP contribution in [0.5, 0.6) is 0 Å². The molecule has 1 saturated heterocycles. The van der Waals surface area contributed by atoms with E-state index in [0.29, 0.717) is 13.0 Å². The number of carbonyl (C=O) groups is 1. The Labute approximate surface area is 109 Å². The third-order valence-electron chi connectivity index (χ3n) is 2.91. The standard InChI is InChI=1S/C12H24N2O2S/c1-13(2)6-4-11-10-14(7-8-16-11)12(15)5-9-17-3/h11H,4-10H2,1-3H3/t11-/m1/s1. The van der Waals surface area contributed by atoms with Crippen molar-refractivity contribution in [2.75, 3.05) is 52.3 Å². The second-order valence-electron chi connectivity index (χ2n) is 4.67. The molecule has 1 aliphatic heterocycles. The topological polar surface area (TPSA) is 32.8 Å². The summed E-state index contributed by atoms with van der Waals surface area (Å²) in [6, 6.07) is 0. The van der Waals surface area contributed by atoms with Gasteiger partial charge in [0.25, 0.3) is 0 Å². The van der Waals surface area contributed by atoms with Gasteiger partial charge in [-0.1, -0.05) is 0 Å². The third-order valence-corrected chi connectivity index (χ3v) is 3.52. The molecule has 0 aromatic heterocycles. The Kier molecular flexibility index (Phi) is 6.92. The van der Waals surface area contributed by atoms with Crippen LogP contribution in [-0.4, -0.2) is 74.2 Å². The van der Waals surface area contributed by atoms with Crippen molar-refractivity contribution in [3.05, 3.63) is 0 Å². The number of nitrogens with zero attached hydrogens (tertiary/aromatic N) is 2. The molecule has 0 unspecified atom stereocenters. The lowest BCUT2D eigenvalue weighted by molar-refractivity contribution is -0.138. The molecule has 1 heterocycles. The van der Waals surface area contributed by atoms with Crippen LogP contribution in [0.3, 0.4) is 0 Å². The SMILES string of the molecule is CSCCC(=O)N1CCO[C@H](CCN(C)C)C1. The summed E-state index contributed by atoms with van der Waals surface area (Å²) in [5.74, 6) is 1.19. The van der Waals surface area contributed by atoms with E-state index in [1.165, 1.54) is 0 Å². The smallest absolute Gasteiger partial charge is 0.223 e. The van der Waals surface area contributed by atoms with E-state index >= 15 is 0 Å². The van der Waals surface area contributed by atoms with E-state index in [1.807, 2.05) is 11.2 Å². The highest BCUT2D eigenvalue weighted by Gasteiger charge is 2.23. The predicted molar refractivity (Wildman–Crippen MR) is 72.5 cm³/mol. The third kappa shape index (κ3) is 5.75. The molecule has 1 amide bonds. The monoisotopic (exact) mass is 260 g/mol. The molecule has 1 rings (SSSR count). The van der Waals surface area contributed by atoms with Gasteiger partial charge in [-0.25, -0.2) is 0 Å². The fourth-order valence-electron chi connectivity index (χ4n) is 1.87. The normalized spacial score (nSPS) is 20.9. The number of hydrogen-bond donors (Lipinski definition) is 0. The van der Waals surface area contributed by atoms with Crippen LogP contribution in [-0.2, 0) is 9.53 Å². The highest BCUT2D eigenvalue weighted by Crippen LogP contribution is 2.11. The summed E-state index contributed by atoms with van der Waals surface area (Å²) < 4.78 is 5.69. The van der Waals surface area contributed by atoms with Gasteiger partial charge in [-0.15, -0.1) is 0 Å². The second-order valence-corrected chi connectivity index (χ2v) is 5.65. The average Bonchev–Trinajstić information content (AvgIpc) is 2.33. The summed E-state index contributed by atoms with van der Waals surface area (Å²) in [6.07, 6.45) is 3.90. The molecular weight excluding hydrogens is 236 g/mol. The van der Waals surface area contributed by atoms with Crippen LogP contribution in [0.25, 0.3) is 0 Å². The average molecular weight is 260 g/mol. The zero-order valence-electron chi connectivity index (χ0n) is 11.1. The number of morpholine rings is 1. The number of ether oxygens (including phenoxy) is 1. The molecule has 0 aliphatic carbocycles. The molecule has 0 N–H and O–H groups in total. The van der Waals surface area contributed by atoms with E-state index in [4.69, 9.17) is 4.74 Å². The van der Waals surface area contributed by atoms with Crippen molar-refractivity contribution in [2.24, 2.45) is 0 Å². The van der Waals surface area contributed by atoms with Gasteiger partial charge in [0.15, 0.2) is 0 Å². The fourth-order valence-corrected chi connectivity index (χ4v) is 2.25. The van der Waals surface area contributed by atoms with Gasteiger partial charge in [0.05, 0.1) is 12.7 Å². The van der Waals surface area contributed by atoms with E-state index in [2.05, 4.69) is 19.0 Å². The van der Waals surface area contributed by atoms with Crippen molar-refractivity contribution < 1.29 is 9.53 Å². The summed E-state index contributed by atoms with van der Waals surface area (Å²) in [7, 11) is 4.12. The lowest BCUT2D eigenvalue weighted by Gasteiger charge is -2.33. The van der Waals surface area contributed by atoms with Crippen molar-refractivity contribution in [1.29, 1.82) is 0 Å². The Bertz CT molecular complexity index is 237. The first-order valence-electron chi connectivity index (χ1n) is 6.16. The van der Waals surface area contributed by atoms with Crippen LogP contribution in [0, 0.1) is 0 Å². The Balaban J connectivity index is 2.30. The van der Waals surface area contributed by atoms with E-state index in [0.717, 1.165) is 31.8 Å². The van der Waals surface area contributed by atoms with Crippen molar-refractivity contribution in [2.45, 2.75) is 18.9 Å². The van der Waals surface area contributed by atoms with Gasteiger partial charge in [-0.05, 0) is 26.8 Å². The molecule has 0 spiro atoms. The molecule has 0 bridgehead atoms. The highest BCUT2D eigenvalue weighted by molar-refractivity contribution is 7.98. The lowest BCUT2D eigenvalue weighted by Crippen LogP contribution is -2.46. The Morgan fingerprint density at radius 2 is 2.29 bits per heavy atom. The number of rotatable bonds is 6. The van der Waals surface area contributed by atoms with Crippen LogP contribution in [0.1, 0.15) is 12.8 Å². The van der Waals surface area contributed by atoms with Crippen LogP contribution in [0.4, 0.5) is 0 Å². The van der Waals surface area contributed by atoms with E-state index in [9.17, 15) is 4.79 Å². The quantitative estimate of drug-likeness (QED) is 0.711. The molecular formula is C12H24N2O2S. The molecule has 1 fully saturated rings. The van der Waals surface area contributed by atoms with E-state index in [-0.39, 0.29) is 12.0 Å². The predicted octanol–water partition coefficient (Wildman–Crippen LogP) is 0.919. The zero-order valence-corrected chi connectivity index (χ0v) is 12.0. The molecule has 0 aromatic carbocycles. The van der Waals surface area contributed by atoms with Gasteiger partial charge in [0.1, 0.15) is 0 Å². The summed E-state index contributed by atoms with van der Waals surface area (Å²) >= 11 is 1.72. The molecule has 1 atom stereocenters. The number of amides is 1. The Morgan fingerprint density at radius 3 is 2.94 bits per heavy atom. The second kappa shape index (κ2) is 7.95. The molecule has 5 heteroatoms. The van der Waals surface area contributed by atoms with Gasteiger partial charge < -0.3 is 14.5 Å². The number of carbonyl (C=O) groups excluding carboxylic acids is 1. The number of hydrogen-bond acceptors (Lipinski definition) is 4. The maximum absolute atomic E-state index is 11.9. The van der Waals surface area contributed by atoms with E-state index < -0.39 is 0 Å². The van der Waals surface area contributed by atoms with Crippen molar-refractivity contribution in [1.82, 2.24) is 9.80 Å². The molecule has 17 heavy (non-hydrogen) atoms. The van der Waals surface area contributed by atoms with Gasteiger partial charge in [-0.3, -0.25) is 4.79 Å². The van der Waals surface area contributed by atoms with E-state index in [1.54, 1.807) is 11.8 Å². The summed E-state index contributed by atoms with van der Waals surface area (Å²) in [5, 5.41) is 0. The fraction of sp³-hybridized carbons (Fsp3) is 0.917. The number of thioether (sulfide) groups is 1. The van der Waals surface area contributed by atoms with Crippen molar-refractivity contribution >= 4 is 17.7 Å². The van der Waals surface area contributed by atoms with Gasteiger partial charge in [0, 0.05) is 31.8 Å². The highest BCUT2D eigenvalue weighted by atomic mass is 32.2. The molecule has 100 valence electrons. The van der Waals surface area contributed by atoms with Crippen molar-refractivity contribution in [3.63, 3.8) is 0 Å². The maximum Gasteiger partial charge on any atom is 0.223 e. The Hall–Kier alpha value is -0.260. The van der Waals surface area contributed by atoms with Crippen LogP contribution in [0.2, 0.25) is 0 Å². The molecule has 0 radical (unpaired) electrons. The zero-order chi connectivity index (χ0) is 12.7. The van der Waals surface area contributed by atoms with Crippen LogP contribution < -0.4 is 0 Å². The van der Waals surface area contributed by atoms with Crippen molar-refractivity contribution in [3.8, 4) is 0 Å². The minimum Gasteiger partial charge on any atom is -0.374 e. The minimum absolute atomic E-state index is 0.212. The summed E-state index contributed by atoms with van der Waals surface area (Å²) in [4.78, 5) is 16.0. The largest absolute Gasteiger partial charge is 0.374 e. The summed E-state index contributed by atoms with van der Waals surface area (Å²) in [6.45, 7) is 3.22. The first-order chi connectivity index (χ1) is 8.13. The minimum atomic E-state index is 0.212. The molecule has 0 saturated carbocycles. The van der Waals surface area contributed by atoms with Crippen LogP contribution in [0.15, 0.2) is 0 Å².